The number of aliphatic carboxylic acids is 2. The number of halogens is 6. The molecule has 0 aromatic carbocycles. The second-order valence-corrected chi connectivity index (χ2v) is 8.81. The lowest BCUT2D eigenvalue weighted by Gasteiger charge is -2.39. The Morgan fingerprint density at radius 3 is 1.85 bits per heavy atom. The molecule has 0 bridgehead atoms. The van der Waals surface area contributed by atoms with Gasteiger partial charge in [0.05, 0.1) is 6.20 Å². The normalized spacial score (nSPS) is 16.9. The summed E-state index contributed by atoms with van der Waals surface area (Å²) < 4.78 is 63.5. The van der Waals surface area contributed by atoms with Crippen LogP contribution in [0.15, 0.2) is 43.1 Å². The number of carbonyl (C=O) groups is 3. The van der Waals surface area contributed by atoms with Crippen LogP contribution in [0.3, 0.4) is 0 Å². The fraction of sp³-hybridized carbons (Fsp3) is 0.478. The predicted octanol–water partition coefficient (Wildman–Crippen LogP) is 3.27. The molecular formula is C23H25F6N5O5. The van der Waals surface area contributed by atoms with Gasteiger partial charge < -0.3 is 15.1 Å². The zero-order chi connectivity index (χ0) is 29.3. The average Bonchev–Trinajstić information content (AvgIpc) is 3.26. The number of pyridine rings is 1. The number of likely N-dealkylation sites (tertiary alicyclic amines) is 2. The monoisotopic (exact) mass is 565 g/mol. The zero-order valence-electron chi connectivity index (χ0n) is 20.3. The predicted molar refractivity (Wildman–Crippen MR) is 121 cm³/mol. The summed E-state index contributed by atoms with van der Waals surface area (Å²) in [6.07, 6.45) is 1.69. The molecule has 0 saturated carbocycles. The molecule has 1 amide bonds. The van der Waals surface area contributed by atoms with Crippen molar-refractivity contribution >= 4 is 17.8 Å². The van der Waals surface area contributed by atoms with E-state index in [9.17, 15) is 31.1 Å². The Bertz CT molecular complexity index is 1070. The Labute approximate surface area is 218 Å². The number of alkyl halides is 6. The van der Waals surface area contributed by atoms with Crippen molar-refractivity contribution in [3.05, 3.63) is 54.4 Å². The number of carboxylic acids is 2. The summed E-state index contributed by atoms with van der Waals surface area (Å²) >= 11 is 0. The highest BCUT2D eigenvalue weighted by Gasteiger charge is 2.41. The van der Waals surface area contributed by atoms with Gasteiger partial charge in [-0.3, -0.25) is 19.7 Å². The molecule has 0 atom stereocenters. The van der Waals surface area contributed by atoms with E-state index in [0.717, 1.165) is 45.6 Å². The lowest BCUT2D eigenvalue weighted by atomic mass is 9.77. The van der Waals surface area contributed by atoms with Crippen molar-refractivity contribution < 1.29 is 50.9 Å². The summed E-state index contributed by atoms with van der Waals surface area (Å²) in [5, 5.41) is 14.2. The molecule has 2 N–H and O–H groups in total. The van der Waals surface area contributed by atoms with Crippen molar-refractivity contribution in [1.82, 2.24) is 24.8 Å². The molecule has 39 heavy (non-hydrogen) atoms. The number of rotatable bonds is 3. The van der Waals surface area contributed by atoms with Crippen LogP contribution in [0.25, 0.3) is 0 Å². The molecule has 214 valence electrons. The molecule has 2 aliphatic heterocycles. The summed E-state index contributed by atoms with van der Waals surface area (Å²) in [4.78, 5) is 47.1. The van der Waals surface area contributed by atoms with Gasteiger partial charge in [0, 0.05) is 51.0 Å². The van der Waals surface area contributed by atoms with Crippen molar-refractivity contribution in [2.75, 3.05) is 26.2 Å². The first kappa shape index (κ1) is 31.4. The largest absolute Gasteiger partial charge is 0.490 e. The number of aromatic nitrogens is 3. The number of carboxylic acid groups (broad SMARTS) is 2. The van der Waals surface area contributed by atoms with Gasteiger partial charge in [-0.15, -0.1) is 0 Å². The van der Waals surface area contributed by atoms with E-state index >= 15 is 0 Å². The molecule has 16 heteroatoms. The summed E-state index contributed by atoms with van der Waals surface area (Å²) in [6.45, 7) is 4.85. The van der Waals surface area contributed by atoms with Crippen LogP contribution < -0.4 is 0 Å². The van der Waals surface area contributed by atoms with Crippen LogP contribution >= 0.6 is 0 Å². The van der Waals surface area contributed by atoms with Gasteiger partial charge in [-0.25, -0.2) is 14.6 Å². The van der Waals surface area contributed by atoms with Crippen LogP contribution in [0.2, 0.25) is 0 Å². The van der Waals surface area contributed by atoms with Gasteiger partial charge in [0.15, 0.2) is 0 Å². The molecule has 2 aromatic heterocycles. The van der Waals surface area contributed by atoms with Crippen LogP contribution in [0, 0.1) is 5.41 Å². The molecule has 2 fully saturated rings. The molecule has 2 aromatic rings. The van der Waals surface area contributed by atoms with E-state index in [1.165, 1.54) is 12.0 Å². The number of hydrogen-bond acceptors (Lipinski definition) is 7. The molecule has 2 saturated heterocycles. The third-order valence-electron chi connectivity index (χ3n) is 6.02. The first-order valence-electron chi connectivity index (χ1n) is 11.4. The number of carbonyl (C=O) groups excluding carboxylic acids is 1. The van der Waals surface area contributed by atoms with Crippen molar-refractivity contribution in [1.29, 1.82) is 0 Å². The maximum absolute atomic E-state index is 12.5. The fourth-order valence-electron chi connectivity index (χ4n) is 4.08. The minimum Gasteiger partial charge on any atom is -0.475 e. The highest BCUT2D eigenvalue weighted by molar-refractivity contribution is 5.92. The highest BCUT2D eigenvalue weighted by Crippen LogP contribution is 2.41. The molecule has 1 spiro atoms. The average molecular weight is 565 g/mol. The Hall–Kier alpha value is -3.82. The molecule has 10 nitrogen and oxygen atoms in total. The molecule has 0 radical (unpaired) electrons. The first-order valence-corrected chi connectivity index (χ1v) is 11.4. The number of nitrogens with zero attached hydrogens (tertiary/aromatic N) is 5. The van der Waals surface area contributed by atoms with Crippen molar-refractivity contribution in [3.63, 3.8) is 0 Å². The van der Waals surface area contributed by atoms with Crippen LogP contribution in [0.1, 0.15) is 35.3 Å². The van der Waals surface area contributed by atoms with Crippen LogP contribution in [0.4, 0.5) is 26.3 Å². The molecule has 0 unspecified atom stereocenters. The second kappa shape index (κ2) is 13.3. The molecule has 0 aliphatic carbocycles. The van der Waals surface area contributed by atoms with E-state index in [4.69, 9.17) is 19.8 Å². The summed E-state index contributed by atoms with van der Waals surface area (Å²) in [7, 11) is 0. The van der Waals surface area contributed by atoms with Crippen LogP contribution in [-0.2, 0) is 16.1 Å². The first-order chi connectivity index (χ1) is 18.1. The molecular weight excluding hydrogens is 540 g/mol. The summed E-state index contributed by atoms with van der Waals surface area (Å²) in [5.74, 6) is -5.51. The quantitative estimate of drug-likeness (QED) is 0.538. The lowest BCUT2D eigenvalue weighted by molar-refractivity contribution is -0.193. The Morgan fingerprint density at radius 1 is 0.846 bits per heavy atom. The third-order valence-corrected chi connectivity index (χ3v) is 6.02. The minimum atomic E-state index is -5.08. The Kier molecular flexibility index (Phi) is 10.7. The van der Waals surface area contributed by atoms with Crippen LogP contribution in [0.5, 0.6) is 0 Å². The maximum atomic E-state index is 12.5. The Balaban J connectivity index is 0.000000317. The van der Waals surface area contributed by atoms with Gasteiger partial charge in [-0.05, 0) is 42.9 Å². The van der Waals surface area contributed by atoms with E-state index in [1.54, 1.807) is 18.6 Å². The number of amides is 1. The number of piperidine rings is 1. The third kappa shape index (κ3) is 10.1. The van der Waals surface area contributed by atoms with E-state index in [-0.39, 0.29) is 5.91 Å². The van der Waals surface area contributed by atoms with Gasteiger partial charge in [0.1, 0.15) is 5.69 Å². The van der Waals surface area contributed by atoms with Crippen LogP contribution in [-0.4, -0.2) is 91.3 Å². The van der Waals surface area contributed by atoms with Crippen molar-refractivity contribution in [2.24, 2.45) is 5.41 Å². The van der Waals surface area contributed by atoms with Gasteiger partial charge in [-0.1, -0.05) is 6.07 Å². The zero-order valence-corrected chi connectivity index (χ0v) is 20.3. The molecule has 2 aliphatic rings. The van der Waals surface area contributed by atoms with E-state index in [0.29, 0.717) is 11.1 Å². The lowest BCUT2D eigenvalue weighted by Crippen LogP contribution is -2.44. The van der Waals surface area contributed by atoms with E-state index in [2.05, 4.69) is 25.9 Å². The highest BCUT2D eigenvalue weighted by atomic mass is 19.4. The standard InChI is InChI=1S/C19H23N5O.2C2HF3O2/c25-18(17-13-21-7-8-22-17)24-10-4-19(5-11-24)3-9-23(15-19)14-16-2-1-6-20-12-16;2*3-2(4,5)1(6)7/h1-2,6-8,12-13H,3-5,9-11,14-15H2;2*(H,6,7). The van der Waals surface area contributed by atoms with Gasteiger partial charge in [-0.2, -0.15) is 26.3 Å². The molecule has 4 heterocycles. The Morgan fingerprint density at radius 2 is 1.38 bits per heavy atom. The van der Waals surface area contributed by atoms with E-state index < -0.39 is 24.3 Å². The van der Waals surface area contributed by atoms with Crippen molar-refractivity contribution in [2.45, 2.75) is 38.2 Å². The fourth-order valence-corrected chi connectivity index (χ4v) is 4.08. The maximum Gasteiger partial charge on any atom is 0.490 e. The summed E-state index contributed by atoms with van der Waals surface area (Å²) in [5.41, 5.74) is 2.08. The van der Waals surface area contributed by atoms with Gasteiger partial charge in [0.2, 0.25) is 0 Å². The second-order valence-electron chi connectivity index (χ2n) is 8.81. The number of hydrogen-bond donors (Lipinski definition) is 2. The van der Waals surface area contributed by atoms with Crippen molar-refractivity contribution in [3.8, 4) is 0 Å². The smallest absolute Gasteiger partial charge is 0.475 e. The summed E-state index contributed by atoms with van der Waals surface area (Å²) in [6, 6.07) is 4.14. The van der Waals surface area contributed by atoms with Gasteiger partial charge >= 0.3 is 24.3 Å². The SMILES string of the molecule is O=C(O)C(F)(F)F.O=C(O)C(F)(F)F.O=C(c1cnccn1)N1CCC2(CCN(Cc3cccnc3)C2)CC1. The van der Waals surface area contributed by atoms with E-state index in [1.807, 2.05) is 23.4 Å². The topological polar surface area (TPSA) is 137 Å². The van der Waals surface area contributed by atoms with Gasteiger partial charge in [0.25, 0.3) is 5.91 Å². The minimum absolute atomic E-state index is 0.00756. The molecule has 4 rings (SSSR count).